The number of hydrogen-bond donors (Lipinski definition) is 1. The van der Waals surface area contributed by atoms with Crippen molar-refractivity contribution in [3.8, 4) is 11.1 Å². The van der Waals surface area contributed by atoms with Crippen molar-refractivity contribution in [2.45, 2.75) is 13.5 Å². The van der Waals surface area contributed by atoms with Crippen LogP contribution in [-0.4, -0.2) is 0 Å². The fraction of sp³-hybridized carbons (Fsp3) is 0.143. The van der Waals surface area contributed by atoms with Gasteiger partial charge in [-0.1, -0.05) is 48.5 Å². The Morgan fingerprint density at radius 2 is 1.56 bits per heavy atom. The van der Waals surface area contributed by atoms with Gasteiger partial charge in [-0.3, -0.25) is 0 Å². The van der Waals surface area contributed by atoms with Gasteiger partial charge in [0.15, 0.2) is 0 Å². The van der Waals surface area contributed by atoms with Gasteiger partial charge in [-0.25, -0.2) is 0 Å². The molecule has 0 unspecified atom stereocenters. The molecule has 84 valence electrons. The molecule has 2 N–H and O–H groups in total. The third kappa shape index (κ3) is 2.63. The van der Waals surface area contributed by atoms with Gasteiger partial charge in [-0.05, 0) is 29.2 Å². The molecule has 0 saturated heterocycles. The quantitative estimate of drug-likeness (QED) is 0.844. The van der Waals surface area contributed by atoms with E-state index in [9.17, 15) is 0 Å². The first-order valence-electron chi connectivity index (χ1n) is 5.16. The lowest BCUT2D eigenvalue weighted by molar-refractivity contribution is 1.07. The summed E-state index contributed by atoms with van der Waals surface area (Å²) in [6, 6.07) is 16.8. The summed E-state index contributed by atoms with van der Waals surface area (Å²) in [5.41, 5.74) is 10.6. The first-order valence-corrected chi connectivity index (χ1v) is 5.16. The van der Waals surface area contributed by atoms with E-state index in [2.05, 4.69) is 55.5 Å². The van der Waals surface area contributed by atoms with Gasteiger partial charge in [-0.15, -0.1) is 12.4 Å². The summed E-state index contributed by atoms with van der Waals surface area (Å²) in [5, 5.41) is 0. The topological polar surface area (TPSA) is 26.0 Å². The Morgan fingerprint density at radius 1 is 0.938 bits per heavy atom. The van der Waals surface area contributed by atoms with Crippen molar-refractivity contribution in [2.75, 3.05) is 0 Å². The fourth-order valence-electron chi connectivity index (χ4n) is 1.72. The molecular formula is C14H16ClN. The summed E-state index contributed by atoms with van der Waals surface area (Å²) >= 11 is 0. The van der Waals surface area contributed by atoms with Crippen molar-refractivity contribution in [1.29, 1.82) is 0 Å². The van der Waals surface area contributed by atoms with E-state index < -0.39 is 0 Å². The van der Waals surface area contributed by atoms with E-state index >= 15 is 0 Å². The minimum absolute atomic E-state index is 0. The molecule has 0 aliphatic carbocycles. The molecule has 0 bridgehead atoms. The van der Waals surface area contributed by atoms with Crippen molar-refractivity contribution in [2.24, 2.45) is 5.73 Å². The molecule has 0 fully saturated rings. The monoisotopic (exact) mass is 233 g/mol. The van der Waals surface area contributed by atoms with Crippen LogP contribution in [0.5, 0.6) is 0 Å². The lowest BCUT2D eigenvalue weighted by atomic mass is 10.00. The van der Waals surface area contributed by atoms with E-state index in [0.717, 1.165) is 0 Å². The summed E-state index contributed by atoms with van der Waals surface area (Å²) in [5.74, 6) is 0. The molecule has 0 heterocycles. The van der Waals surface area contributed by atoms with E-state index in [0.29, 0.717) is 6.54 Å². The Bertz CT molecular complexity index is 449. The molecule has 0 aliphatic rings. The second-order valence-electron chi connectivity index (χ2n) is 3.72. The molecule has 16 heavy (non-hydrogen) atoms. The number of benzene rings is 2. The molecular weight excluding hydrogens is 218 g/mol. The lowest BCUT2D eigenvalue weighted by Crippen LogP contribution is -1.95. The second-order valence-corrected chi connectivity index (χ2v) is 3.72. The Balaban J connectivity index is 0.00000128. The summed E-state index contributed by atoms with van der Waals surface area (Å²) in [6.07, 6.45) is 0. The molecule has 2 aromatic rings. The molecule has 0 atom stereocenters. The van der Waals surface area contributed by atoms with Crippen molar-refractivity contribution in [3.63, 3.8) is 0 Å². The average molecular weight is 234 g/mol. The third-order valence-electron chi connectivity index (χ3n) is 2.65. The molecule has 0 amide bonds. The van der Waals surface area contributed by atoms with Crippen LogP contribution in [0.1, 0.15) is 11.1 Å². The Labute approximate surface area is 103 Å². The van der Waals surface area contributed by atoms with Crippen LogP contribution in [0.2, 0.25) is 0 Å². The predicted molar refractivity (Wildman–Crippen MR) is 71.8 cm³/mol. The SMILES string of the molecule is Cc1ccccc1-c1ccc(CN)cc1.Cl. The van der Waals surface area contributed by atoms with Crippen LogP contribution in [0, 0.1) is 6.92 Å². The molecule has 0 saturated carbocycles. The van der Waals surface area contributed by atoms with Crippen LogP contribution in [0.4, 0.5) is 0 Å². The highest BCUT2D eigenvalue weighted by Crippen LogP contribution is 2.22. The molecule has 0 aromatic heterocycles. The van der Waals surface area contributed by atoms with Crippen LogP contribution in [0.25, 0.3) is 11.1 Å². The largest absolute Gasteiger partial charge is 0.326 e. The van der Waals surface area contributed by atoms with Gasteiger partial charge in [0, 0.05) is 6.54 Å². The van der Waals surface area contributed by atoms with Crippen LogP contribution >= 0.6 is 12.4 Å². The second kappa shape index (κ2) is 5.69. The first kappa shape index (κ1) is 12.8. The van der Waals surface area contributed by atoms with E-state index in [4.69, 9.17) is 5.73 Å². The smallest absolute Gasteiger partial charge is 0.0178 e. The van der Waals surface area contributed by atoms with Gasteiger partial charge in [0.1, 0.15) is 0 Å². The Kier molecular flexibility index (Phi) is 4.53. The van der Waals surface area contributed by atoms with Gasteiger partial charge in [0.2, 0.25) is 0 Å². The predicted octanol–water partition coefficient (Wildman–Crippen LogP) is 3.54. The highest BCUT2D eigenvalue weighted by atomic mass is 35.5. The van der Waals surface area contributed by atoms with Crippen LogP contribution in [0.15, 0.2) is 48.5 Å². The Morgan fingerprint density at radius 3 is 2.12 bits per heavy atom. The van der Waals surface area contributed by atoms with E-state index in [1.807, 2.05) is 0 Å². The number of hydrogen-bond acceptors (Lipinski definition) is 1. The van der Waals surface area contributed by atoms with E-state index in [1.165, 1.54) is 22.3 Å². The highest BCUT2D eigenvalue weighted by molar-refractivity contribution is 5.85. The summed E-state index contributed by atoms with van der Waals surface area (Å²) in [7, 11) is 0. The zero-order valence-electron chi connectivity index (χ0n) is 9.31. The molecule has 0 aliphatic heterocycles. The molecule has 1 nitrogen and oxygen atoms in total. The van der Waals surface area contributed by atoms with Gasteiger partial charge >= 0.3 is 0 Å². The van der Waals surface area contributed by atoms with Crippen molar-refractivity contribution >= 4 is 12.4 Å². The summed E-state index contributed by atoms with van der Waals surface area (Å²) in [4.78, 5) is 0. The normalized spacial score (nSPS) is 9.62. The number of nitrogens with two attached hydrogens (primary N) is 1. The minimum atomic E-state index is 0. The molecule has 0 radical (unpaired) electrons. The number of halogens is 1. The fourth-order valence-corrected chi connectivity index (χ4v) is 1.72. The lowest BCUT2D eigenvalue weighted by Gasteiger charge is -2.06. The maximum atomic E-state index is 5.57. The number of aryl methyl sites for hydroxylation is 1. The molecule has 0 spiro atoms. The van der Waals surface area contributed by atoms with Crippen molar-refractivity contribution in [3.05, 3.63) is 59.7 Å². The number of rotatable bonds is 2. The highest BCUT2D eigenvalue weighted by Gasteiger charge is 1.99. The maximum Gasteiger partial charge on any atom is 0.0178 e. The van der Waals surface area contributed by atoms with E-state index in [-0.39, 0.29) is 12.4 Å². The average Bonchev–Trinajstić information content (AvgIpc) is 2.30. The minimum Gasteiger partial charge on any atom is -0.326 e. The zero-order valence-corrected chi connectivity index (χ0v) is 10.1. The maximum absolute atomic E-state index is 5.57. The van der Waals surface area contributed by atoms with Crippen molar-refractivity contribution < 1.29 is 0 Å². The van der Waals surface area contributed by atoms with Crippen molar-refractivity contribution in [1.82, 2.24) is 0 Å². The summed E-state index contributed by atoms with van der Waals surface area (Å²) in [6.45, 7) is 2.74. The first-order chi connectivity index (χ1) is 7.31. The third-order valence-corrected chi connectivity index (χ3v) is 2.65. The molecule has 2 rings (SSSR count). The van der Waals surface area contributed by atoms with Gasteiger partial charge in [0.05, 0.1) is 0 Å². The zero-order chi connectivity index (χ0) is 10.7. The van der Waals surface area contributed by atoms with Gasteiger partial charge < -0.3 is 5.73 Å². The van der Waals surface area contributed by atoms with E-state index in [1.54, 1.807) is 0 Å². The summed E-state index contributed by atoms with van der Waals surface area (Å²) < 4.78 is 0. The standard InChI is InChI=1S/C14H15N.ClH/c1-11-4-2-3-5-14(11)13-8-6-12(10-15)7-9-13;/h2-9H,10,15H2,1H3;1H. The molecule has 2 aromatic carbocycles. The van der Waals surface area contributed by atoms with Gasteiger partial charge in [0.25, 0.3) is 0 Å². The molecule has 2 heteroatoms. The van der Waals surface area contributed by atoms with Gasteiger partial charge in [-0.2, -0.15) is 0 Å². The Hall–Kier alpha value is -1.31. The van der Waals surface area contributed by atoms with Crippen LogP contribution < -0.4 is 5.73 Å². The van der Waals surface area contributed by atoms with Crippen LogP contribution in [-0.2, 0) is 6.54 Å². The van der Waals surface area contributed by atoms with Crippen LogP contribution in [0.3, 0.4) is 0 Å².